The topological polar surface area (TPSA) is 22.8 Å². The molecule has 0 atom stereocenters. The van der Waals surface area contributed by atoms with E-state index in [0.29, 0.717) is 0 Å². The number of allylic oxidation sites excluding steroid dienone is 2. The van der Waals surface area contributed by atoms with E-state index < -0.39 is 0 Å². The zero-order valence-electron chi connectivity index (χ0n) is 31.3. The molecule has 0 spiro atoms. The second-order valence-electron chi connectivity index (χ2n) is 14.8. The molecule has 7 aromatic carbocycles. The second kappa shape index (κ2) is 13.7. The summed E-state index contributed by atoms with van der Waals surface area (Å²) in [5.41, 5.74) is 17.4. The van der Waals surface area contributed by atoms with Crippen LogP contribution in [0.4, 0.5) is 0 Å². The SMILES string of the molecule is C1=Cc2c(c3ccccc3n2-c2ccccc2)C=C(c2ccc3c(c2)c2ccccc2n3-c2ccc(-c3cc(-c4ccccc4)nc(-c4ccccc4)c3)cc2)C1. The number of benzene rings is 7. The monoisotopic (exact) mass is 727 g/mol. The van der Waals surface area contributed by atoms with Crippen LogP contribution in [0.2, 0.25) is 0 Å². The van der Waals surface area contributed by atoms with Gasteiger partial charge in [-0.05, 0) is 101 Å². The molecule has 0 radical (unpaired) electrons. The standard InChI is InChI=1S/C54H37N3/c1-4-15-38(16-5-1)49-35-42(36-50(55-49)39-17-6-2-7-18-39)37-27-30-44(31-28-37)57-52-25-13-11-23-46(52)48-34-41(29-32-54(48)57)40-19-14-26-53-47(33-40)45-22-10-12-24-51(45)56(53)43-20-8-3-9-21-43/h1-18,20-36H,19H2. The number of aromatic nitrogens is 3. The summed E-state index contributed by atoms with van der Waals surface area (Å²) >= 11 is 0. The van der Waals surface area contributed by atoms with Gasteiger partial charge in [-0.25, -0.2) is 4.98 Å². The van der Waals surface area contributed by atoms with Crippen LogP contribution < -0.4 is 0 Å². The van der Waals surface area contributed by atoms with Crippen molar-refractivity contribution >= 4 is 50.4 Å². The lowest BCUT2D eigenvalue weighted by molar-refractivity contribution is 1.10. The molecule has 0 saturated carbocycles. The van der Waals surface area contributed by atoms with Crippen LogP contribution in [0.5, 0.6) is 0 Å². The summed E-state index contributed by atoms with van der Waals surface area (Å²) in [6, 6.07) is 69.6. The van der Waals surface area contributed by atoms with Gasteiger partial charge in [0.1, 0.15) is 0 Å². The predicted molar refractivity (Wildman–Crippen MR) is 240 cm³/mol. The van der Waals surface area contributed by atoms with Crippen molar-refractivity contribution in [1.82, 2.24) is 14.1 Å². The Morgan fingerprint density at radius 2 is 0.930 bits per heavy atom. The molecule has 0 amide bonds. The Labute approximate surface area is 331 Å². The van der Waals surface area contributed by atoms with Crippen molar-refractivity contribution in [3.05, 3.63) is 217 Å². The molecule has 3 heterocycles. The van der Waals surface area contributed by atoms with Gasteiger partial charge >= 0.3 is 0 Å². The van der Waals surface area contributed by atoms with Crippen molar-refractivity contribution in [1.29, 1.82) is 0 Å². The Morgan fingerprint density at radius 1 is 0.386 bits per heavy atom. The van der Waals surface area contributed by atoms with Gasteiger partial charge in [0.25, 0.3) is 0 Å². The van der Waals surface area contributed by atoms with Gasteiger partial charge in [-0.3, -0.25) is 0 Å². The van der Waals surface area contributed by atoms with E-state index in [4.69, 9.17) is 4.98 Å². The van der Waals surface area contributed by atoms with Crippen molar-refractivity contribution in [3.8, 4) is 45.0 Å². The summed E-state index contributed by atoms with van der Waals surface area (Å²) in [6.07, 6.45) is 7.90. The smallest absolute Gasteiger partial charge is 0.0715 e. The van der Waals surface area contributed by atoms with E-state index in [0.717, 1.165) is 45.7 Å². The molecule has 1 aliphatic rings. The quantitative estimate of drug-likeness (QED) is 0.167. The maximum Gasteiger partial charge on any atom is 0.0715 e. The van der Waals surface area contributed by atoms with Gasteiger partial charge in [-0.1, -0.05) is 140 Å². The summed E-state index contributed by atoms with van der Waals surface area (Å²) in [5, 5.41) is 3.77. The molecule has 57 heavy (non-hydrogen) atoms. The first-order chi connectivity index (χ1) is 28.3. The summed E-state index contributed by atoms with van der Waals surface area (Å²) in [4.78, 5) is 5.10. The minimum Gasteiger partial charge on any atom is -0.309 e. The van der Waals surface area contributed by atoms with E-state index >= 15 is 0 Å². The number of nitrogens with zero attached hydrogens (tertiary/aromatic N) is 3. The van der Waals surface area contributed by atoms with E-state index in [1.165, 1.54) is 60.8 Å². The summed E-state index contributed by atoms with van der Waals surface area (Å²) in [5.74, 6) is 0. The lowest BCUT2D eigenvalue weighted by Crippen LogP contribution is -1.96. The first-order valence-corrected chi connectivity index (χ1v) is 19.6. The van der Waals surface area contributed by atoms with Crippen molar-refractivity contribution in [2.45, 2.75) is 6.42 Å². The largest absolute Gasteiger partial charge is 0.309 e. The molecular formula is C54H37N3. The minimum atomic E-state index is 0.858. The fourth-order valence-corrected chi connectivity index (χ4v) is 8.65. The van der Waals surface area contributed by atoms with Crippen LogP contribution in [-0.4, -0.2) is 14.1 Å². The Bertz CT molecular complexity index is 3110. The van der Waals surface area contributed by atoms with Gasteiger partial charge in [-0.15, -0.1) is 0 Å². The Hall–Kier alpha value is -7.49. The van der Waals surface area contributed by atoms with Crippen LogP contribution in [0.1, 0.15) is 23.2 Å². The lowest BCUT2D eigenvalue weighted by Gasteiger charge is -2.12. The highest BCUT2D eigenvalue weighted by Crippen LogP contribution is 2.40. The first-order valence-electron chi connectivity index (χ1n) is 19.6. The third-order valence-electron chi connectivity index (χ3n) is 11.4. The van der Waals surface area contributed by atoms with E-state index in [1.807, 2.05) is 12.1 Å². The minimum absolute atomic E-state index is 0.858. The highest BCUT2D eigenvalue weighted by molar-refractivity contribution is 6.11. The molecule has 10 aromatic rings. The van der Waals surface area contributed by atoms with Gasteiger partial charge in [0.05, 0.1) is 33.6 Å². The average molecular weight is 728 g/mol. The fourth-order valence-electron chi connectivity index (χ4n) is 8.65. The van der Waals surface area contributed by atoms with E-state index in [-0.39, 0.29) is 0 Å². The van der Waals surface area contributed by atoms with Gasteiger partial charge in [0, 0.05) is 44.2 Å². The fraction of sp³-hybridized carbons (Fsp3) is 0.0185. The number of hydrogen-bond donors (Lipinski definition) is 0. The van der Waals surface area contributed by atoms with E-state index in [1.54, 1.807) is 0 Å². The zero-order chi connectivity index (χ0) is 37.7. The van der Waals surface area contributed by atoms with Crippen molar-refractivity contribution < 1.29 is 0 Å². The third-order valence-corrected chi connectivity index (χ3v) is 11.4. The molecule has 0 N–H and O–H groups in total. The van der Waals surface area contributed by atoms with Crippen LogP contribution in [0.25, 0.3) is 95.5 Å². The zero-order valence-corrected chi connectivity index (χ0v) is 31.3. The number of fused-ring (bicyclic) bond motifs is 6. The summed E-state index contributed by atoms with van der Waals surface area (Å²) in [6.45, 7) is 0. The van der Waals surface area contributed by atoms with Crippen LogP contribution in [0.15, 0.2) is 200 Å². The normalized spacial score (nSPS) is 12.5. The van der Waals surface area contributed by atoms with Gasteiger partial charge < -0.3 is 9.13 Å². The molecule has 0 saturated heterocycles. The molecule has 11 rings (SSSR count). The second-order valence-corrected chi connectivity index (χ2v) is 14.8. The molecule has 0 aliphatic heterocycles. The molecule has 0 bridgehead atoms. The Balaban J connectivity index is 1.00. The van der Waals surface area contributed by atoms with Gasteiger partial charge in [-0.2, -0.15) is 0 Å². The van der Waals surface area contributed by atoms with Crippen LogP contribution >= 0.6 is 0 Å². The highest BCUT2D eigenvalue weighted by atomic mass is 15.0. The van der Waals surface area contributed by atoms with Crippen LogP contribution in [-0.2, 0) is 0 Å². The lowest BCUT2D eigenvalue weighted by atomic mass is 9.98. The number of rotatable bonds is 6. The highest BCUT2D eigenvalue weighted by Gasteiger charge is 2.19. The molecule has 268 valence electrons. The number of para-hydroxylation sites is 3. The number of pyridine rings is 1. The van der Waals surface area contributed by atoms with Crippen LogP contribution in [0.3, 0.4) is 0 Å². The number of hydrogen-bond acceptors (Lipinski definition) is 1. The van der Waals surface area contributed by atoms with Crippen molar-refractivity contribution in [3.63, 3.8) is 0 Å². The van der Waals surface area contributed by atoms with E-state index in [2.05, 4.69) is 209 Å². The van der Waals surface area contributed by atoms with Crippen LogP contribution in [0, 0.1) is 0 Å². The third kappa shape index (κ3) is 5.71. The molecule has 3 aromatic heterocycles. The molecule has 1 aliphatic carbocycles. The van der Waals surface area contributed by atoms with Crippen molar-refractivity contribution in [2.24, 2.45) is 0 Å². The average Bonchev–Trinajstić information content (AvgIpc) is 3.68. The summed E-state index contributed by atoms with van der Waals surface area (Å²) in [7, 11) is 0. The molecule has 0 fully saturated rings. The molecular weight excluding hydrogens is 691 g/mol. The van der Waals surface area contributed by atoms with E-state index in [9.17, 15) is 0 Å². The molecule has 0 unspecified atom stereocenters. The Morgan fingerprint density at radius 3 is 1.61 bits per heavy atom. The first kappa shape index (κ1) is 32.9. The maximum absolute atomic E-state index is 5.10. The maximum atomic E-state index is 5.10. The molecule has 3 nitrogen and oxygen atoms in total. The Kier molecular flexibility index (Phi) is 7.89. The van der Waals surface area contributed by atoms with Gasteiger partial charge in [0.2, 0.25) is 0 Å². The summed E-state index contributed by atoms with van der Waals surface area (Å²) < 4.78 is 4.80. The predicted octanol–water partition coefficient (Wildman–Crippen LogP) is 14.1. The van der Waals surface area contributed by atoms with Crippen molar-refractivity contribution in [2.75, 3.05) is 0 Å². The molecule has 3 heteroatoms. The van der Waals surface area contributed by atoms with Gasteiger partial charge in [0.15, 0.2) is 0 Å².